The Morgan fingerprint density at radius 1 is 1.03 bits per heavy atom. The summed E-state index contributed by atoms with van der Waals surface area (Å²) < 4.78 is 0. The Morgan fingerprint density at radius 3 is 2.48 bits per heavy atom. The molecule has 1 aromatic heterocycles. The molecule has 3 aliphatic rings. The Kier molecular flexibility index (Phi) is 7.01. The minimum Gasteiger partial charge on any atom is -0.356 e. The van der Waals surface area contributed by atoms with Gasteiger partial charge in [0.05, 0.1) is 6.04 Å². The highest BCUT2D eigenvalue weighted by atomic mass is 32.1. The topological polar surface area (TPSA) is 71.1 Å². The van der Waals surface area contributed by atoms with Gasteiger partial charge in [0.15, 0.2) is 0 Å². The van der Waals surface area contributed by atoms with Gasteiger partial charge >= 0.3 is 0 Å². The molecule has 3 aliphatic carbocycles. The second kappa shape index (κ2) is 9.88. The fourth-order valence-corrected chi connectivity index (χ4v) is 5.64. The van der Waals surface area contributed by atoms with E-state index in [2.05, 4.69) is 27.8 Å². The lowest BCUT2D eigenvalue weighted by Crippen LogP contribution is -2.41. The molecule has 0 saturated heterocycles. The van der Waals surface area contributed by atoms with Crippen molar-refractivity contribution < 1.29 is 9.59 Å². The number of allylic oxidation sites excluding steroid dienone is 2. The van der Waals surface area contributed by atoms with Crippen LogP contribution in [0.15, 0.2) is 23.7 Å². The molecule has 2 amide bonds. The molecule has 4 rings (SSSR count). The smallest absolute Gasteiger partial charge is 0.223 e. The molecule has 0 spiro atoms. The van der Waals surface area contributed by atoms with E-state index in [-0.39, 0.29) is 29.7 Å². The van der Waals surface area contributed by atoms with E-state index in [0.717, 1.165) is 69.3 Å². The highest BCUT2D eigenvalue weighted by Gasteiger charge is 2.34. The first kappa shape index (κ1) is 20.6. The number of nitrogens with one attached hydrogen (secondary N) is 2. The standard InChI is InChI=1S/C23H33N3O2S/c27-21(18-5-2-1-3-6-18)25-15-16-9-11-17(12-10-16)20(23-24-13-14-29-23)26-22(28)19-7-4-8-19/h1-2,13-14,16-20H,3-12,15H2,(H,25,27)(H,26,28)/t16?,17?,18-,20+/m1/s1. The molecule has 1 heterocycles. The SMILES string of the molecule is O=C(N[C@H](c1nccs1)C1CCC(CNC(=O)[C@@H]2CC=CCC2)CC1)C1CCC1. The number of carbonyl (C=O) groups is 2. The molecule has 2 N–H and O–H groups in total. The Bertz CT molecular complexity index is 706. The summed E-state index contributed by atoms with van der Waals surface area (Å²) in [5, 5.41) is 9.58. The molecular weight excluding hydrogens is 382 g/mol. The normalized spacial score (nSPS) is 28.3. The first-order valence-corrected chi connectivity index (χ1v) is 12.2. The van der Waals surface area contributed by atoms with E-state index in [1.54, 1.807) is 11.3 Å². The Morgan fingerprint density at radius 2 is 1.86 bits per heavy atom. The summed E-state index contributed by atoms with van der Waals surface area (Å²) in [5.74, 6) is 1.80. The molecule has 5 nitrogen and oxygen atoms in total. The second-order valence-electron chi connectivity index (χ2n) is 8.99. The van der Waals surface area contributed by atoms with Crippen molar-refractivity contribution in [3.8, 4) is 0 Å². The molecule has 6 heteroatoms. The zero-order valence-electron chi connectivity index (χ0n) is 17.1. The molecule has 0 radical (unpaired) electrons. The third-order valence-electron chi connectivity index (χ3n) is 7.06. The van der Waals surface area contributed by atoms with Gasteiger partial charge in [0, 0.05) is 30.0 Å². The van der Waals surface area contributed by atoms with E-state index >= 15 is 0 Å². The van der Waals surface area contributed by atoms with Crippen molar-refractivity contribution >= 4 is 23.2 Å². The van der Waals surface area contributed by atoms with Gasteiger partial charge in [-0.1, -0.05) is 18.6 Å². The minimum atomic E-state index is 0.0488. The van der Waals surface area contributed by atoms with Gasteiger partial charge in [0.25, 0.3) is 0 Å². The van der Waals surface area contributed by atoms with Crippen molar-refractivity contribution in [2.75, 3.05) is 6.54 Å². The van der Waals surface area contributed by atoms with Crippen LogP contribution in [-0.2, 0) is 9.59 Å². The lowest BCUT2D eigenvalue weighted by atomic mass is 9.78. The lowest BCUT2D eigenvalue weighted by molar-refractivity contribution is -0.129. The van der Waals surface area contributed by atoms with Gasteiger partial charge in [-0.3, -0.25) is 9.59 Å². The van der Waals surface area contributed by atoms with E-state index in [9.17, 15) is 9.59 Å². The highest BCUT2D eigenvalue weighted by Crippen LogP contribution is 2.38. The molecule has 29 heavy (non-hydrogen) atoms. The fraction of sp³-hybridized carbons (Fsp3) is 0.696. The van der Waals surface area contributed by atoms with Crippen molar-refractivity contribution in [1.82, 2.24) is 15.6 Å². The Hall–Kier alpha value is -1.69. The van der Waals surface area contributed by atoms with Gasteiger partial charge in [0.1, 0.15) is 5.01 Å². The predicted octanol–water partition coefficient (Wildman–Crippen LogP) is 4.38. The summed E-state index contributed by atoms with van der Waals surface area (Å²) >= 11 is 1.65. The maximum Gasteiger partial charge on any atom is 0.223 e. The molecule has 0 aliphatic heterocycles. The number of amides is 2. The van der Waals surface area contributed by atoms with Crippen LogP contribution in [0.3, 0.4) is 0 Å². The number of carbonyl (C=O) groups excluding carboxylic acids is 2. The first-order chi connectivity index (χ1) is 14.2. The molecule has 1 aromatic rings. The molecule has 0 aromatic carbocycles. The van der Waals surface area contributed by atoms with Gasteiger partial charge in [0.2, 0.25) is 11.8 Å². The van der Waals surface area contributed by atoms with Crippen LogP contribution >= 0.6 is 11.3 Å². The molecule has 2 atom stereocenters. The third kappa shape index (κ3) is 5.27. The van der Waals surface area contributed by atoms with E-state index in [0.29, 0.717) is 11.8 Å². The highest BCUT2D eigenvalue weighted by molar-refractivity contribution is 7.09. The van der Waals surface area contributed by atoms with Crippen LogP contribution in [0.4, 0.5) is 0 Å². The number of hydrogen-bond donors (Lipinski definition) is 2. The monoisotopic (exact) mass is 415 g/mol. The molecule has 2 saturated carbocycles. The van der Waals surface area contributed by atoms with Crippen LogP contribution in [-0.4, -0.2) is 23.3 Å². The maximum absolute atomic E-state index is 12.6. The summed E-state index contributed by atoms with van der Waals surface area (Å²) in [5.41, 5.74) is 0. The van der Waals surface area contributed by atoms with Gasteiger partial charge in [-0.15, -0.1) is 11.3 Å². The molecular formula is C23H33N3O2S. The van der Waals surface area contributed by atoms with Gasteiger partial charge in [-0.25, -0.2) is 4.98 Å². The molecule has 0 bridgehead atoms. The van der Waals surface area contributed by atoms with E-state index in [4.69, 9.17) is 0 Å². The van der Waals surface area contributed by atoms with Crippen molar-refractivity contribution in [1.29, 1.82) is 0 Å². The zero-order valence-corrected chi connectivity index (χ0v) is 18.0. The van der Waals surface area contributed by atoms with E-state index in [1.165, 1.54) is 6.42 Å². The number of thiazole rings is 1. The number of nitrogens with zero attached hydrogens (tertiary/aromatic N) is 1. The van der Waals surface area contributed by atoms with Gasteiger partial charge < -0.3 is 10.6 Å². The van der Waals surface area contributed by atoms with Gasteiger partial charge in [-0.05, 0) is 69.6 Å². The summed E-state index contributed by atoms with van der Waals surface area (Å²) in [6.07, 6.45) is 16.6. The average Bonchev–Trinajstić information content (AvgIpc) is 3.24. The van der Waals surface area contributed by atoms with Gasteiger partial charge in [-0.2, -0.15) is 0 Å². The Balaban J connectivity index is 1.26. The van der Waals surface area contributed by atoms with Crippen molar-refractivity contribution in [3.05, 3.63) is 28.7 Å². The Labute approximate surface area is 177 Å². The van der Waals surface area contributed by atoms with E-state index in [1.807, 2.05) is 11.6 Å². The molecule has 2 fully saturated rings. The maximum atomic E-state index is 12.6. The number of rotatable bonds is 7. The molecule has 158 valence electrons. The van der Waals surface area contributed by atoms with Crippen molar-refractivity contribution in [2.45, 2.75) is 70.3 Å². The third-order valence-corrected chi connectivity index (χ3v) is 7.92. The quantitative estimate of drug-likeness (QED) is 0.649. The van der Waals surface area contributed by atoms with Crippen LogP contribution in [0, 0.1) is 23.7 Å². The van der Waals surface area contributed by atoms with Crippen LogP contribution in [0.1, 0.15) is 75.3 Å². The summed E-state index contributed by atoms with van der Waals surface area (Å²) in [6, 6.07) is 0.0488. The predicted molar refractivity (Wildman–Crippen MR) is 115 cm³/mol. The number of aromatic nitrogens is 1. The average molecular weight is 416 g/mol. The summed E-state index contributed by atoms with van der Waals surface area (Å²) in [7, 11) is 0. The fourth-order valence-electron chi connectivity index (χ4n) is 4.86. The van der Waals surface area contributed by atoms with Crippen LogP contribution in [0.25, 0.3) is 0 Å². The first-order valence-electron chi connectivity index (χ1n) is 11.3. The summed E-state index contributed by atoms with van der Waals surface area (Å²) in [6.45, 7) is 0.794. The minimum absolute atomic E-state index is 0.0488. The van der Waals surface area contributed by atoms with Crippen molar-refractivity contribution in [2.24, 2.45) is 23.7 Å². The lowest BCUT2D eigenvalue weighted by Gasteiger charge is -2.35. The summed E-state index contributed by atoms with van der Waals surface area (Å²) in [4.78, 5) is 29.5. The molecule has 0 unspecified atom stereocenters. The largest absolute Gasteiger partial charge is 0.356 e. The van der Waals surface area contributed by atoms with Crippen LogP contribution in [0.2, 0.25) is 0 Å². The van der Waals surface area contributed by atoms with Crippen molar-refractivity contribution in [3.63, 3.8) is 0 Å². The second-order valence-corrected chi connectivity index (χ2v) is 9.92. The zero-order chi connectivity index (χ0) is 20.1. The van der Waals surface area contributed by atoms with Crippen LogP contribution in [0.5, 0.6) is 0 Å². The number of hydrogen-bond acceptors (Lipinski definition) is 4. The van der Waals surface area contributed by atoms with Crippen LogP contribution < -0.4 is 10.6 Å². The van der Waals surface area contributed by atoms with E-state index < -0.39 is 0 Å².